The van der Waals surface area contributed by atoms with E-state index in [0.29, 0.717) is 0 Å². The third kappa shape index (κ3) is 5.44. The van der Waals surface area contributed by atoms with E-state index < -0.39 is 5.41 Å². The van der Waals surface area contributed by atoms with Crippen LogP contribution in [0.3, 0.4) is 0 Å². The molecule has 60 heavy (non-hydrogen) atoms. The quantitative estimate of drug-likeness (QED) is 0.155. The summed E-state index contributed by atoms with van der Waals surface area (Å²) in [7, 11) is 0. The molecule has 0 fully saturated rings. The van der Waals surface area contributed by atoms with Gasteiger partial charge in [0, 0.05) is 46.8 Å². The molecular weight excluding hydrogens is 763 g/mol. The Bertz CT molecular complexity index is 3310. The molecular formula is C57H37NS2. The zero-order chi connectivity index (χ0) is 39.6. The number of thiophene rings is 2. The van der Waals surface area contributed by atoms with E-state index in [1.165, 1.54) is 85.2 Å². The van der Waals surface area contributed by atoms with Gasteiger partial charge in [-0.2, -0.15) is 0 Å². The molecule has 0 spiro atoms. The van der Waals surface area contributed by atoms with Crippen molar-refractivity contribution < 1.29 is 0 Å². The van der Waals surface area contributed by atoms with Crippen LogP contribution in [-0.4, -0.2) is 0 Å². The lowest BCUT2D eigenvalue weighted by Crippen LogP contribution is -2.28. The minimum Gasteiger partial charge on any atom is -0.310 e. The van der Waals surface area contributed by atoms with Crippen molar-refractivity contribution in [1.29, 1.82) is 0 Å². The predicted octanol–water partition coefficient (Wildman–Crippen LogP) is 16.4. The van der Waals surface area contributed by atoms with E-state index in [0.717, 1.165) is 17.1 Å². The largest absolute Gasteiger partial charge is 0.310 e. The van der Waals surface area contributed by atoms with Gasteiger partial charge in [-0.15, -0.1) is 22.7 Å². The predicted molar refractivity (Wildman–Crippen MR) is 258 cm³/mol. The number of rotatable bonds is 7. The summed E-state index contributed by atoms with van der Waals surface area (Å²) in [6, 6.07) is 82.7. The number of para-hydroxylation sites is 1. The molecule has 9 aromatic carbocycles. The third-order valence-electron chi connectivity index (χ3n) is 12.3. The first-order valence-electron chi connectivity index (χ1n) is 20.5. The number of hydrogen-bond donors (Lipinski definition) is 0. The van der Waals surface area contributed by atoms with Gasteiger partial charge in [-0.05, 0) is 110 Å². The fraction of sp³-hybridized carbons (Fsp3) is 0.0175. The number of fused-ring (bicyclic) bond motifs is 8. The first-order valence-corrected chi connectivity index (χ1v) is 22.1. The molecule has 282 valence electrons. The minimum absolute atomic E-state index is 0.451. The van der Waals surface area contributed by atoms with Crippen molar-refractivity contribution in [1.82, 2.24) is 0 Å². The normalized spacial score (nSPS) is 12.8. The monoisotopic (exact) mass is 799 g/mol. The number of anilines is 3. The summed E-state index contributed by atoms with van der Waals surface area (Å²) in [5, 5.41) is 3.92. The van der Waals surface area contributed by atoms with Crippen LogP contribution in [-0.2, 0) is 5.41 Å². The highest BCUT2D eigenvalue weighted by Gasteiger charge is 2.48. The van der Waals surface area contributed by atoms with Crippen LogP contribution < -0.4 is 4.90 Å². The van der Waals surface area contributed by atoms with Crippen LogP contribution >= 0.6 is 22.7 Å². The lowest BCUT2D eigenvalue weighted by molar-refractivity contribution is 0.777. The molecule has 0 N–H and O–H groups in total. The lowest BCUT2D eigenvalue weighted by atomic mass is 9.67. The van der Waals surface area contributed by atoms with Crippen LogP contribution in [0.4, 0.5) is 17.1 Å². The molecule has 0 saturated carbocycles. The standard InChI is InChI=1S/C57H37NS2/c1-5-15-38(16-6-1)39-25-29-45(30-26-39)58(44-21-11-4-12-22-44)46-31-34-48-47-32-27-41(36-53(47)59-54(48)37-46)40-28-33-49-51(35-40)57(42-17-7-2-8-18-42,43-19-9-3-10-20-43)55-50-23-13-14-24-52(50)60-56(49)55/h1-37H. The number of nitrogens with zero attached hydrogens (tertiary/aromatic N) is 1. The zero-order valence-corrected chi connectivity index (χ0v) is 34.3. The number of hydrogen-bond acceptors (Lipinski definition) is 3. The molecule has 0 aliphatic heterocycles. The second-order valence-corrected chi connectivity index (χ2v) is 17.8. The molecule has 2 heterocycles. The van der Waals surface area contributed by atoms with E-state index in [2.05, 4.69) is 229 Å². The third-order valence-corrected chi connectivity index (χ3v) is 14.7. The van der Waals surface area contributed by atoms with Crippen LogP contribution in [0.2, 0.25) is 0 Å². The fourth-order valence-corrected chi connectivity index (χ4v) is 12.1. The second-order valence-electron chi connectivity index (χ2n) is 15.6. The van der Waals surface area contributed by atoms with Crippen LogP contribution in [0.1, 0.15) is 22.3 Å². The van der Waals surface area contributed by atoms with Crippen LogP contribution in [0, 0.1) is 0 Å². The highest BCUT2D eigenvalue weighted by Crippen LogP contribution is 2.61. The Labute approximate surface area is 357 Å². The maximum Gasteiger partial charge on any atom is 0.0728 e. The average Bonchev–Trinajstić information content (AvgIpc) is 3.98. The molecule has 0 saturated heterocycles. The van der Waals surface area contributed by atoms with Gasteiger partial charge < -0.3 is 4.90 Å². The molecule has 12 rings (SSSR count). The zero-order valence-electron chi connectivity index (χ0n) is 32.6. The molecule has 1 nitrogen and oxygen atoms in total. The van der Waals surface area contributed by atoms with Crippen molar-refractivity contribution in [2.24, 2.45) is 0 Å². The van der Waals surface area contributed by atoms with Crippen molar-refractivity contribution in [3.8, 4) is 32.7 Å². The van der Waals surface area contributed by atoms with E-state index in [-0.39, 0.29) is 0 Å². The maximum atomic E-state index is 2.49. The van der Waals surface area contributed by atoms with E-state index in [1.54, 1.807) is 0 Å². The van der Waals surface area contributed by atoms with E-state index in [9.17, 15) is 0 Å². The Balaban J connectivity index is 0.981. The topological polar surface area (TPSA) is 3.24 Å². The molecule has 0 bridgehead atoms. The molecule has 1 aliphatic carbocycles. The summed E-state index contributed by atoms with van der Waals surface area (Å²) in [6.45, 7) is 0. The molecule has 0 unspecified atom stereocenters. The van der Waals surface area contributed by atoms with Crippen molar-refractivity contribution >= 4 is 70.0 Å². The maximum absolute atomic E-state index is 2.49. The van der Waals surface area contributed by atoms with Gasteiger partial charge >= 0.3 is 0 Å². The van der Waals surface area contributed by atoms with Gasteiger partial charge in [0.05, 0.1) is 5.41 Å². The Kier molecular flexibility index (Phi) is 8.19. The van der Waals surface area contributed by atoms with E-state index in [4.69, 9.17) is 0 Å². The molecule has 0 radical (unpaired) electrons. The van der Waals surface area contributed by atoms with Gasteiger partial charge in [-0.25, -0.2) is 0 Å². The summed E-state index contributed by atoms with van der Waals surface area (Å²) in [5.41, 5.74) is 14.5. The van der Waals surface area contributed by atoms with Gasteiger partial charge in [-0.3, -0.25) is 0 Å². The molecule has 3 heteroatoms. The Morgan fingerprint density at radius 3 is 1.57 bits per heavy atom. The van der Waals surface area contributed by atoms with Gasteiger partial charge in [0.1, 0.15) is 0 Å². The summed E-state index contributed by atoms with van der Waals surface area (Å²) < 4.78 is 3.90. The summed E-state index contributed by atoms with van der Waals surface area (Å²) in [4.78, 5) is 3.74. The molecule has 0 amide bonds. The lowest BCUT2D eigenvalue weighted by Gasteiger charge is -2.34. The number of benzene rings is 9. The average molecular weight is 800 g/mol. The Morgan fingerprint density at radius 2 is 0.850 bits per heavy atom. The van der Waals surface area contributed by atoms with Gasteiger partial charge in [-0.1, -0.05) is 170 Å². The summed E-state index contributed by atoms with van der Waals surface area (Å²) in [5.74, 6) is 0. The fourth-order valence-electron chi connectivity index (χ4n) is 9.66. The highest BCUT2D eigenvalue weighted by atomic mass is 32.1. The molecule has 1 aliphatic rings. The molecule has 0 atom stereocenters. The molecule has 11 aromatic rings. The SMILES string of the molecule is c1ccc(-c2ccc(N(c3ccccc3)c3ccc4c(c3)sc3cc(-c5ccc6c(c5)C(c5ccccc5)(c5ccccc5)c5c-6sc6ccccc56)ccc34)cc2)cc1. The van der Waals surface area contributed by atoms with Crippen LogP contribution in [0.5, 0.6) is 0 Å². The first-order chi connectivity index (χ1) is 29.7. The first kappa shape index (κ1) is 35.0. The van der Waals surface area contributed by atoms with Crippen LogP contribution in [0.25, 0.3) is 63.0 Å². The van der Waals surface area contributed by atoms with Gasteiger partial charge in [0.2, 0.25) is 0 Å². The molecule has 2 aromatic heterocycles. The van der Waals surface area contributed by atoms with Gasteiger partial charge in [0.15, 0.2) is 0 Å². The Morgan fingerprint density at radius 1 is 0.333 bits per heavy atom. The van der Waals surface area contributed by atoms with Crippen molar-refractivity contribution in [3.05, 3.63) is 247 Å². The smallest absolute Gasteiger partial charge is 0.0728 e. The Hall–Kier alpha value is -7.04. The van der Waals surface area contributed by atoms with Gasteiger partial charge in [0.25, 0.3) is 0 Å². The van der Waals surface area contributed by atoms with Crippen molar-refractivity contribution in [2.75, 3.05) is 4.90 Å². The van der Waals surface area contributed by atoms with Crippen LogP contribution in [0.15, 0.2) is 224 Å². The van der Waals surface area contributed by atoms with Crippen molar-refractivity contribution in [3.63, 3.8) is 0 Å². The van der Waals surface area contributed by atoms with Crippen molar-refractivity contribution in [2.45, 2.75) is 5.41 Å². The minimum atomic E-state index is -0.451. The second kappa shape index (κ2) is 14.1. The summed E-state index contributed by atoms with van der Waals surface area (Å²) in [6.07, 6.45) is 0. The highest BCUT2D eigenvalue weighted by molar-refractivity contribution is 7.26. The van der Waals surface area contributed by atoms with E-state index >= 15 is 0 Å². The van der Waals surface area contributed by atoms with E-state index in [1.807, 2.05) is 22.7 Å². The summed E-state index contributed by atoms with van der Waals surface area (Å²) >= 11 is 3.80.